The first-order valence-electron chi connectivity index (χ1n) is 7.47. The van der Waals surface area contributed by atoms with Gasteiger partial charge in [0.1, 0.15) is 6.07 Å². The lowest BCUT2D eigenvalue weighted by Crippen LogP contribution is -2.20. The molecule has 0 saturated carbocycles. The van der Waals surface area contributed by atoms with E-state index in [1.165, 1.54) is 6.07 Å². The molecule has 1 N–H and O–H groups in total. The van der Waals surface area contributed by atoms with E-state index >= 15 is 0 Å². The van der Waals surface area contributed by atoms with Gasteiger partial charge in [0.05, 0.1) is 17.7 Å². The van der Waals surface area contributed by atoms with Crippen molar-refractivity contribution in [2.75, 3.05) is 19.0 Å². The van der Waals surface area contributed by atoms with Gasteiger partial charge in [0.15, 0.2) is 18.1 Å². The number of rotatable bonds is 7. The van der Waals surface area contributed by atoms with Gasteiger partial charge in [0, 0.05) is 5.69 Å². The maximum Gasteiger partial charge on any atom is 0.262 e. The summed E-state index contributed by atoms with van der Waals surface area (Å²) in [6.07, 6.45) is 2.52. The molecule has 0 aromatic heterocycles. The summed E-state index contributed by atoms with van der Waals surface area (Å²) in [5, 5.41) is 11.8. The number of amides is 1. The van der Waals surface area contributed by atoms with Crippen LogP contribution in [0.3, 0.4) is 0 Å². The lowest BCUT2D eigenvalue weighted by Gasteiger charge is -2.12. The fourth-order valence-corrected chi connectivity index (χ4v) is 2.37. The van der Waals surface area contributed by atoms with Gasteiger partial charge in [-0.2, -0.15) is 5.26 Å². The Bertz CT molecular complexity index is 828. The quantitative estimate of drug-likeness (QED) is 0.762. The van der Waals surface area contributed by atoms with Crippen LogP contribution < -0.4 is 14.8 Å². The van der Waals surface area contributed by atoms with E-state index in [-0.39, 0.29) is 17.5 Å². The number of hydrogen-bond acceptors (Lipinski definition) is 4. The molecule has 6 heteroatoms. The molecule has 2 aromatic rings. The predicted octanol–water partition coefficient (Wildman–Crippen LogP) is 3.97. The number of allylic oxidation sites excluding steroid dienone is 1. The van der Waals surface area contributed by atoms with Crippen molar-refractivity contribution in [3.63, 3.8) is 0 Å². The largest absolute Gasteiger partial charge is 0.493 e. The molecule has 0 atom stereocenters. The summed E-state index contributed by atoms with van der Waals surface area (Å²) in [5.74, 6) is 0.676. The van der Waals surface area contributed by atoms with Crippen LogP contribution in [0, 0.1) is 11.3 Å². The number of hydrogen-bond donors (Lipinski definition) is 1. The lowest BCUT2D eigenvalue weighted by molar-refractivity contribution is -0.118. The zero-order chi connectivity index (χ0) is 18.2. The average molecular weight is 357 g/mol. The van der Waals surface area contributed by atoms with Crippen LogP contribution in [0.1, 0.15) is 11.1 Å². The van der Waals surface area contributed by atoms with E-state index in [9.17, 15) is 4.79 Å². The van der Waals surface area contributed by atoms with Gasteiger partial charge in [0.2, 0.25) is 0 Å². The van der Waals surface area contributed by atoms with Crippen LogP contribution in [-0.2, 0) is 11.2 Å². The highest BCUT2D eigenvalue weighted by molar-refractivity contribution is 6.32. The van der Waals surface area contributed by atoms with Crippen LogP contribution in [0.5, 0.6) is 11.5 Å². The molecular formula is C19H17ClN2O3. The Kier molecular flexibility index (Phi) is 6.44. The van der Waals surface area contributed by atoms with E-state index < -0.39 is 0 Å². The first-order valence-corrected chi connectivity index (χ1v) is 7.85. The summed E-state index contributed by atoms with van der Waals surface area (Å²) < 4.78 is 10.8. The van der Waals surface area contributed by atoms with Gasteiger partial charge in [-0.15, -0.1) is 6.58 Å². The average Bonchev–Trinajstić information content (AvgIpc) is 2.61. The molecule has 128 valence electrons. The van der Waals surface area contributed by atoms with Crippen molar-refractivity contribution in [3.8, 4) is 17.6 Å². The van der Waals surface area contributed by atoms with Crippen molar-refractivity contribution in [3.05, 3.63) is 65.2 Å². The molecule has 0 radical (unpaired) electrons. The summed E-state index contributed by atoms with van der Waals surface area (Å²) >= 11 is 5.94. The van der Waals surface area contributed by atoms with E-state index in [1.54, 1.807) is 31.4 Å². The Balaban J connectivity index is 1.99. The van der Waals surface area contributed by atoms with Crippen LogP contribution in [0.15, 0.2) is 49.1 Å². The third-order valence-electron chi connectivity index (χ3n) is 3.34. The van der Waals surface area contributed by atoms with E-state index in [4.69, 9.17) is 26.3 Å². The monoisotopic (exact) mass is 356 g/mol. The van der Waals surface area contributed by atoms with Crippen molar-refractivity contribution in [2.24, 2.45) is 0 Å². The highest BCUT2D eigenvalue weighted by atomic mass is 35.5. The molecule has 0 aliphatic rings. The molecule has 5 nitrogen and oxygen atoms in total. The minimum Gasteiger partial charge on any atom is -0.493 e. The smallest absolute Gasteiger partial charge is 0.262 e. The number of anilines is 1. The van der Waals surface area contributed by atoms with Gasteiger partial charge in [0.25, 0.3) is 5.91 Å². The van der Waals surface area contributed by atoms with E-state index in [0.717, 1.165) is 12.0 Å². The summed E-state index contributed by atoms with van der Waals surface area (Å²) in [6.45, 7) is 3.51. The van der Waals surface area contributed by atoms with Gasteiger partial charge in [-0.05, 0) is 42.3 Å². The highest BCUT2D eigenvalue weighted by Crippen LogP contribution is 2.28. The van der Waals surface area contributed by atoms with Gasteiger partial charge >= 0.3 is 0 Å². The van der Waals surface area contributed by atoms with E-state index in [2.05, 4.69) is 11.9 Å². The fourth-order valence-electron chi connectivity index (χ4n) is 2.15. The number of ether oxygens (including phenoxy) is 2. The van der Waals surface area contributed by atoms with Gasteiger partial charge in [-0.25, -0.2) is 0 Å². The third-order valence-corrected chi connectivity index (χ3v) is 3.65. The van der Waals surface area contributed by atoms with Crippen molar-refractivity contribution in [1.82, 2.24) is 0 Å². The molecule has 2 aromatic carbocycles. The van der Waals surface area contributed by atoms with Crippen molar-refractivity contribution >= 4 is 23.2 Å². The first kappa shape index (κ1) is 18.4. The number of carbonyl (C=O) groups is 1. The Morgan fingerprint density at radius 1 is 1.32 bits per heavy atom. The number of nitriles is 1. The van der Waals surface area contributed by atoms with E-state index in [1.807, 2.05) is 18.2 Å². The minimum atomic E-state index is -0.349. The number of halogens is 1. The van der Waals surface area contributed by atoms with Gasteiger partial charge < -0.3 is 14.8 Å². The minimum absolute atomic E-state index is 0.186. The molecule has 0 bridgehead atoms. The van der Waals surface area contributed by atoms with Crippen molar-refractivity contribution in [1.29, 1.82) is 5.26 Å². The van der Waals surface area contributed by atoms with Crippen LogP contribution in [0.4, 0.5) is 5.69 Å². The fraction of sp³-hybridized carbons (Fsp3) is 0.158. The van der Waals surface area contributed by atoms with Crippen LogP contribution >= 0.6 is 11.6 Å². The molecule has 0 heterocycles. The Morgan fingerprint density at radius 2 is 2.12 bits per heavy atom. The number of nitrogens with zero attached hydrogens (tertiary/aromatic N) is 1. The summed E-state index contributed by atoms with van der Waals surface area (Å²) in [4.78, 5) is 12.0. The molecule has 0 unspecified atom stereocenters. The second kappa shape index (κ2) is 8.76. The molecule has 0 spiro atoms. The zero-order valence-corrected chi connectivity index (χ0v) is 14.5. The Labute approximate surface area is 151 Å². The zero-order valence-electron chi connectivity index (χ0n) is 13.7. The number of benzene rings is 2. The molecule has 0 aliphatic heterocycles. The molecule has 1 amide bonds. The summed E-state index contributed by atoms with van der Waals surface area (Å²) in [7, 11) is 1.54. The second-order valence-corrected chi connectivity index (χ2v) is 5.53. The van der Waals surface area contributed by atoms with Gasteiger partial charge in [-0.3, -0.25) is 4.79 Å². The maximum atomic E-state index is 12.0. The van der Waals surface area contributed by atoms with Gasteiger partial charge in [-0.1, -0.05) is 23.7 Å². The number of nitrogens with one attached hydrogen (secondary N) is 1. The maximum absolute atomic E-state index is 12.0. The molecule has 0 saturated heterocycles. The first-order chi connectivity index (χ1) is 12.1. The van der Waals surface area contributed by atoms with Crippen LogP contribution in [-0.4, -0.2) is 19.6 Å². The SMILES string of the molecule is C=CCc1ccc(OCC(=O)Nc2ccc(C#N)c(Cl)c2)c(OC)c1. The van der Waals surface area contributed by atoms with E-state index in [0.29, 0.717) is 22.7 Å². The highest BCUT2D eigenvalue weighted by Gasteiger charge is 2.10. The lowest BCUT2D eigenvalue weighted by atomic mass is 10.1. The second-order valence-electron chi connectivity index (χ2n) is 5.12. The molecule has 25 heavy (non-hydrogen) atoms. The van der Waals surface area contributed by atoms with Crippen molar-refractivity contribution in [2.45, 2.75) is 6.42 Å². The van der Waals surface area contributed by atoms with Crippen LogP contribution in [0.2, 0.25) is 5.02 Å². The molecular weight excluding hydrogens is 340 g/mol. The summed E-state index contributed by atoms with van der Waals surface area (Å²) in [6, 6.07) is 12.1. The molecule has 0 aliphatic carbocycles. The number of methoxy groups -OCH3 is 1. The third kappa shape index (κ3) is 5.00. The summed E-state index contributed by atoms with van der Waals surface area (Å²) in [5.41, 5.74) is 1.88. The molecule has 0 fully saturated rings. The topological polar surface area (TPSA) is 71.3 Å². The van der Waals surface area contributed by atoms with Crippen LogP contribution in [0.25, 0.3) is 0 Å². The Hall–Kier alpha value is -2.97. The predicted molar refractivity (Wildman–Crippen MR) is 97.2 cm³/mol. The standard InChI is InChI=1S/C19H17ClN2O3/c1-3-4-13-5-8-17(18(9-13)24-2)25-12-19(23)22-15-7-6-14(11-21)16(20)10-15/h3,5-10H,1,4,12H2,2H3,(H,22,23). The van der Waals surface area contributed by atoms with Crippen molar-refractivity contribution < 1.29 is 14.3 Å². The Morgan fingerprint density at radius 3 is 2.76 bits per heavy atom. The number of carbonyl (C=O) groups excluding carboxylic acids is 1. The molecule has 2 rings (SSSR count). The normalized spacial score (nSPS) is 9.80.